The van der Waals surface area contributed by atoms with Crippen LogP contribution < -0.4 is 15.4 Å². The maximum absolute atomic E-state index is 5.91. The predicted molar refractivity (Wildman–Crippen MR) is 72.6 cm³/mol. The third-order valence-corrected chi connectivity index (χ3v) is 2.96. The number of hydrogen-bond acceptors (Lipinski definition) is 3. The molecule has 0 amide bonds. The number of anilines is 2. The summed E-state index contributed by atoms with van der Waals surface area (Å²) in [6, 6.07) is 5.96. The molecule has 1 aliphatic rings. The molecule has 0 spiro atoms. The van der Waals surface area contributed by atoms with E-state index in [0.717, 1.165) is 29.6 Å². The van der Waals surface area contributed by atoms with Gasteiger partial charge in [-0.2, -0.15) is 0 Å². The highest BCUT2D eigenvalue weighted by Crippen LogP contribution is 2.32. The molecule has 1 fully saturated rings. The van der Waals surface area contributed by atoms with Crippen LogP contribution in [-0.2, 0) is 0 Å². The van der Waals surface area contributed by atoms with Crippen molar-refractivity contribution < 1.29 is 4.74 Å². The highest BCUT2D eigenvalue weighted by atomic mass is 16.5. The van der Waals surface area contributed by atoms with Crippen LogP contribution in [0, 0.1) is 5.92 Å². The van der Waals surface area contributed by atoms with Gasteiger partial charge < -0.3 is 15.4 Å². The molecule has 0 radical (unpaired) electrons. The van der Waals surface area contributed by atoms with Crippen LogP contribution in [0.25, 0.3) is 0 Å². The van der Waals surface area contributed by atoms with E-state index in [1.165, 1.54) is 12.8 Å². The zero-order valence-corrected chi connectivity index (χ0v) is 10.9. The van der Waals surface area contributed by atoms with Crippen molar-refractivity contribution in [3.63, 3.8) is 0 Å². The van der Waals surface area contributed by atoms with Gasteiger partial charge in [-0.1, -0.05) is 0 Å². The van der Waals surface area contributed by atoms with Crippen LogP contribution in [0.15, 0.2) is 18.2 Å². The van der Waals surface area contributed by atoms with Crippen molar-refractivity contribution in [2.24, 2.45) is 5.92 Å². The third kappa shape index (κ3) is 3.55. The highest BCUT2D eigenvalue weighted by molar-refractivity contribution is 5.60. The molecule has 1 saturated carbocycles. The quantitative estimate of drug-likeness (QED) is 0.796. The van der Waals surface area contributed by atoms with Gasteiger partial charge in [-0.25, -0.2) is 0 Å². The molecule has 0 unspecified atom stereocenters. The van der Waals surface area contributed by atoms with Crippen molar-refractivity contribution in [3.05, 3.63) is 18.2 Å². The Kier molecular flexibility index (Phi) is 3.46. The number of nitrogens with zero attached hydrogens (tertiary/aromatic N) is 1. The van der Waals surface area contributed by atoms with Gasteiger partial charge in [0.1, 0.15) is 5.75 Å². The van der Waals surface area contributed by atoms with Crippen molar-refractivity contribution in [1.82, 2.24) is 0 Å². The minimum Gasteiger partial charge on any atom is -0.491 e. The van der Waals surface area contributed by atoms with Crippen molar-refractivity contribution in [3.8, 4) is 5.75 Å². The SMILES string of the molecule is CC(C)Oc1cc(N)cc(N(C)CC2CC2)c1. The van der Waals surface area contributed by atoms with E-state index >= 15 is 0 Å². The standard InChI is InChI=1S/C14H22N2O/c1-10(2)17-14-7-12(15)6-13(8-14)16(3)9-11-4-5-11/h6-8,10-11H,4-5,9,15H2,1-3H3. The topological polar surface area (TPSA) is 38.5 Å². The third-order valence-electron chi connectivity index (χ3n) is 2.96. The Balaban J connectivity index is 2.11. The lowest BCUT2D eigenvalue weighted by Gasteiger charge is -2.21. The van der Waals surface area contributed by atoms with Crippen molar-refractivity contribution in [2.45, 2.75) is 32.8 Å². The molecule has 1 aromatic rings. The average molecular weight is 234 g/mol. The van der Waals surface area contributed by atoms with Crippen LogP contribution >= 0.6 is 0 Å². The van der Waals surface area contributed by atoms with Gasteiger partial charge in [-0.15, -0.1) is 0 Å². The van der Waals surface area contributed by atoms with E-state index in [-0.39, 0.29) is 6.10 Å². The highest BCUT2D eigenvalue weighted by Gasteiger charge is 2.23. The fraction of sp³-hybridized carbons (Fsp3) is 0.571. The normalized spacial score (nSPS) is 15.1. The summed E-state index contributed by atoms with van der Waals surface area (Å²) in [5.41, 5.74) is 7.82. The van der Waals surface area contributed by atoms with Crippen LogP contribution in [0.4, 0.5) is 11.4 Å². The summed E-state index contributed by atoms with van der Waals surface area (Å²) in [6.07, 6.45) is 2.91. The molecule has 2 rings (SSSR count). The van der Waals surface area contributed by atoms with E-state index in [4.69, 9.17) is 10.5 Å². The first kappa shape index (κ1) is 12.1. The molecule has 17 heavy (non-hydrogen) atoms. The Morgan fingerprint density at radius 3 is 2.65 bits per heavy atom. The second-order valence-corrected chi connectivity index (χ2v) is 5.25. The number of nitrogen functional groups attached to an aromatic ring is 1. The fourth-order valence-electron chi connectivity index (χ4n) is 1.96. The molecule has 0 aromatic heterocycles. The van der Waals surface area contributed by atoms with Gasteiger partial charge in [-0.05, 0) is 38.7 Å². The van der Waals surface area contributed by atoms with Gasteiger partial charge in [-0.3, -0.25) is 0 Å². The molecule has 0 saturated heterocycles. The van der Waals surface area contributed by atoms with Crippen molar-refractivity contribution in [1.29, 1.82) is 0 Å². The number of nitrogens with two attached hydrogens (primary N) is 1. The second kappa shape index (κ2) is 4.86. The summed E-state index contributed by atoms with van der Waals surface area (Å²) >= 11 is 0. The molecule has 3 heteroatoms. The van der Waals surface area contributed by atoms with E-state index in [0.29, 0.717) is 0 Å². The summed E-state index contributed by atoms with van der Waals surface area (Å²) in [7, 11) is 2.12. The molecule has 0 atom stereocenters. The lowest BCUT2D eigenvalue weighted by atomic mass is 10.2. The monoisotopic (exact) mass is 234 g/mol. The number of rotatable bonds is 5. The first-order valence-corrected chi connectivity index (χ1v) is 6.33. The van der Waals surface area contributed by atoms with Crippen molar-refractivity contribution >= 4 is 11.4 Å². The lowest BCUT2D eigenvalue weighted by Crippen LogP contribution is -2.20. The lowest BCUT2D eigenvalue weighted by molar-refractivity contribution is 0.242. The van der Waals surface area contributed by atoms with E-state index in [2.05, 4.69) is 18.0 Å². The number of ether oxygens (including phenoxy) is 1. The van der Waals surface area contributed by atoms with Crippen LogP contribution in [0.1, 0.15) is 26.7 Å². The van der Waals surface area contributed by atoms with E-state index in [1.807, 2.05) is 26.0 Å². The second-order valence-electron chi connectivity index (χ2n) is 5.25. The Hall–Kier alpha value is -1.38. The minimum absolute atomic E-state index is 0.179. The maximum atomic E-state index is 5.91. The average Bonchev–Trinajstić information content (AvgIpc) is 2.99. The first-order valence-electron chi connectivity index (χ1n) is 6.33. The number of hydrogen-bond donors (Lipinski definition) is 1. The van der Waals surface area contributed by atoms with E-state index in [1.54, 1.807) is 0 Å². The maximum Gasteiger partial charge on any atom is 0.123 e. The summed E-state index contributed by atoms with van der Waals surface area (Å²) in [6.45, 7) is 5.16. The molecular formula is C14H22N2O. The minimum atomic E-state index is 0.179. The van der Waals surface area contributed by atoms with Gasteiger partial charge in [0.2, 0.25) is 0 Å². The molecule has 1 aliphatic carbocycles. The predicted octanol–water partition coefficient (Wildman–Crippen LogP) is 2.90. The molecule has 1 aromatic carbocycles. The Morgan fingerprint density at radius 1 is 1.35 bits per heavy atom. The van der Waals surface area contributed by atoms with Gasteiger partial charge in [0, 0.05) is 37.1 Å². The Labute approximate surface area is 104 Å². The first-order chi connectivity index (χ1) is 8.04. The zero-order valence-electron chi connectivity index (χ0n) is 10.9. The van der Waals surface area contributed by atoms with Gasteiger partial charge in [0.05, 0.1) is 6.10 Å². The van der Waals surface area contributed by atoms with Crippen LogP contribution in [0.2, 0.25) is 0 Å². The van der Waals surface area contributed by atoms with Crippen LogP contribution in [0.5, 0.6) is 5.75 Å². The van der Waals surface area contributed by atoms with Gasteiger partial charge in [0.25, 0.3) is 0 Å². The fourth-order valence-corrected chi connectivity index (χ4v) is 1.96. The van der Waals surface area contributed by atoms with Gasteiger partial charge in [0.15, 0.2) is 0 Å². The Morgan fingerprint density at radius 2 is 2.06 bits per heavy atom. The largest absolute Gasteiger partial charge is 0.491 e. The zero-order chi connectivity index (χ0) is 12.4. The van der Waals surface area contributed by atoms with Crippen molar-refractivity contribution in [2.75, 3.05) is 24.2 Å². The van der Waals surface area contributed by atoms with E-state index in [9.17, 15) is 0 Å². The smallest absolute Gasteiger partial charge is 0.123 e. The summed E-state index contributed by atoms with van der Waals surface area (Å²) in [5.74, 6) is 1.73. The molecule has 2 N–H and O–H groups in total. The van der Waals surface area contributed by atoms with Crippen LogP contribution in [-0.4, -0.2) is 19.7 Å². The van der Waals surface area contributed by atoms with Gasteiger partial charge >= 0.3 is 0 Å². The summed E-state index contributed by atoms with van der Waals surface area (Å²) in [5, 5.41) is 0. The molecule has 0 heterocycles. The molecule has 3 nitrogen and oxygen atoms in total. The van der Waals surface area contributed by atoms with Crippen LogP contribution in [0.3, 0.4) is 0 Å². The molecule has 0 aliphatic heterocycles. The molecular weight excluding hydrogens is 212 g/mol. The molecule has 0 bridgehead atoms. The summed E-state index contributed by atoms with van der Waals surface area (Å²) in [4.78, 5) is 2.27. The summed E-state index contributed by atoms with van der Waals surface area (Å²) < 4.78 is 5.70. The Bertz CT molecular complexity index is 386. The van der Waals surface area contributed by atoms with E-state index < -0.39 is 0 Å². The molecule has 94 valence electrons. The number of benzene rings is 1.